The van der Waals surface area contributed by atoms with Gasteiger partial charge in [-0.3, -0.25) is 4.79 Å². The minimum atomic E-state index is -1.12. The van der Waals surface area contributed by atoms with Crippen molar-refractivity contribution in [2.75, 3.05) is 14.2 Å². The molecule has 1 saturated carbocycles. The third-order valence-electron chi connectivity index (χ3n) is 4.60. The average molecular weight is 373 g/mol. The number of hydrogen-bond donors (Lipinski definition) is 1. The van der Waals surface area contributed by atoms with Crippen molar-refractivity contribution in [3.8, 4) is 11.5 Å². The number of methoxy groups -OCH3 is 2. The monoisotopic (exact) mass is 373 g/mol. The van der Waals surface area contributed by atoms with E-state index in [4.69, 9.17) is 18.6 Å². The number of carbonyl (C=O) groups excluding carboxylic acids is 2. The first-order valence-corrected chi connectivity index (χ1v) is 8.89. The maximum atomic E-state index is 12.9. The first-order chi connectivity index (χ1) is 13.1. The Bertz CT molecular complexity index is 780. The third-order valence-corrected chi connectivity index (χ3v) is 4.60. The van der Waals surface area contributed by atoms with Gasteiger partial charge in [-0.25, -0.2) is 4.79 Å². The number of ether oxygens (including phenoxy) is 3. The smallest absolute Gasteiger partial charge is 0.375 e. The summed E-state index contributed by atoms with van der Waals surface area (Å²) in [6.07, 6.45) is 4.27. The van der Waals surface area contributed by atoms with Crippen LogP contribution in [0, 0.1) is 0 Å². The highest BCUT2D eigenvalue weighted by atomic mass is 16.6. The number of nitrogens with one attached hydrogen (secondary N) is 1. The molecule has 27 heavy (non-hydrogen) atoms. The second-order valence-corrected chi connectivity index (χ2v) is 6.37. The number of carbonyl (C=O) groups is 2. The van der Waals surface area contributed by atoms with Gasteiger partial charge in [-0.1, -0.05) is 18.9 Å². The predicted molar refractivity (Wildman–Crippen MR) is 96.8 cm³/mol. The van der Waals surface area contributed by atoms with Crippen LogP contribution < -0.4 is 14.8 Å². The standard InChI is InChI=1S/C20H23NO6/c1-24-15-10-9-13(12-17(15)25-2)18(19(22)21-14-6-3-4-7-14)27-20(23)16-8-5-11-26-16/h5,8-12,14,18H,3-4,6-7H2,1-2H3,(H,21,22)/t18-/m0/s1. The lowest BCUT2D eigenvalue weighted by molar-refractivity contribution is -0.131. The minimum Gasteiger partial charge on any atom is -0.493 e. The van der Waals surface area contributed by atoms with E-state index in [1.54, 1.807) is 24.3 Å². The molecule has 0 radical (unpaired) electrons. The predicted octanol–water partition coefficient (Wildman–Crippen LogP) is 3.25. The maximum absolute atomic E-state index is 12.9. The maximum Gasteiger partial charge on any atom is 0.375 e. The SMILES string of the molecule is COc1ccc([C@H](OC(=O)c2ccco2)C(=O)NC2CCCC2)cc1OC. The molecule has 1 amide bonds. The minimum absolute atomic E-state index is 0.0362. The van der Waals surface area contributed by atoms with E-state index in [1.165, 1.54) is 26.5 Å². The number of furan rings is 1. The van der Waals surface area contributed by atoms with E-state index in [0.717, 1.165) is 25.7 Å². The molecule has 144 valence electrons. The molecule has 1 atom stereocenters. The molecule has 2 aromatic rings. The van der Waals surface area contributed by atoms with Crippen molar-refractivity contribution in [1.29, 1.82) is 0 Å². The zero-order valence-electron chi connectivity index (χ0n) is 15.4. The molecule has 7 heteroatoms. The van der Waals surface area contributed by atoms with E-state index >= 15 is 0 Å². The molecule has 1 heterocycles. The van der Waals surface area contributed by atoms with E-state index in [2.05, 4.69) is 5.32 Å². The molecule has 1 aliphatic rings. The molecule has 7 nitrogen and oxygen atoms in total. The van der Waals surface area contributed by atoms with E-state index in [-0.39, 0.29) is 17.7 Å². The third kappa shape index (κ3) is 4.42. The van der Waals surface area contributed by atoms with Crippen molar-refractivity contribution >= 4 is 11.9 Å². The Morgan fingerprint density at radius 3 is 2.48 bits per heavy atom. The van der Waals surface area contributed by atoms with Crippen LogP contribution in [0.3, 0.4) is 0 Å². The Balaban J connectivity index is 1.86. The van der Waals surface area contributed by atoms with Crippen molar-refractivity contribution in [1.82, 2.24) is 5.32 Å². The van der Waals surface area contributed by atoms with Gasteiger partial charge in [0, 0.05) is 11.6 Å². The number of rotatable bonds is 7. The fraction of sp³-hybridized carbons (Fsp3) is 0.400. The molecule has 1 aromatic carbocycles. The van der Waals surface area contributed by atoms with Gasteiger partial charge in [0.15, 0.2) is 11.5 Å². The molecule has 3 rings (SSSR count). The van der Waals surface area contributed by atoms with Crippen molar-refractivity contribution in [2.45, 2.75) is 37.8 Å². The van der Waals surface area contributed by atoms with Crippen LogP contribution in [0.1, 0.15) is 47.9 Å². The summed E-state index contributed by atoms with van der Waals surface area (Å²) in [6, 6.07) is 8.15. The van der Waals surface area contributed by atoms with Crippen molar-refractivity contribution in [3.63, 3.8) is 0 Å². The van der Waals surface area contributed by atoms with Gasteiger partial charge in [-0.05, 0) is 37.1 Å². The molecule has 1 N–H and O–H groups in total. The van der Waals surface area contributed by atoms with E-state index < -0.39 is 12.1 Å². The molecule has 1 fully saturated rings. The average Bonchev–Trinajstić information content (AvgIpc) is 3.39. The zero-order chi connectivity index (χ0) is 19.2. The van der Waals surface area contributed by atoms with E-state index in [1.807, 2.05) is 0 Å². The molecular formula is C20H23NO6. The summed E-state index contributed by atoms with van der Waals surface area (Å²) >= 11 is 0. The molecule has 1 aromatic heterocycles. The largest absolute Gasteiger partial charge is 0.493 e. The Kier molecular flexibility index (Phi) is 6.01. The summed E-state index contributed by atoms with van der Waals surface area (Å²) in [5.74, 6) is -0.0687. The topological polar surface area (TPSA) is 87.0 Å². The highest BCUT2D eigenvalue weighted by Crippen LogP contribution is 2.32. The van der Waals surface area contributed by atoms with Crippen LogP contribution in [0.25, 0.3) is 0 Å². The van der Waals surface area contributed by atoms with Crippen LogP contribution in [0.5, 0.6) is 11.5 Å². The summed E-state index contributed by atoms with van der Waals surface area (Å²) in [5, 5.41) is 2.98. The molecule has 0 bridgehead atoms. The normalized spacial score (nSPS) is 15.2. The Morgan fingerprint density at radius 2 is 1.85 bits per heavy atom. The van der Waals surface area contributed by atoms with Gasteiger partial charge in [0.05, 0.1) is 20.5 Å². The van der Waals surface area contributed by atoms with Gasteiger partial charge in [0.1, 0.15) is 0 Å². The fourth-order valence-electron chi connectivity index (χ4n) is 3.20. The molecule has 0 spiro atoms. The second kappa shape index (κ2) is 8.62. The molecular weight excluding hydrogens is 350 g/mol. The lowest BCUT2D eigenvalue weighted by atomic mass is 10.1. The number of benzene rings is 1. The molecule has 0 saturated heterocycles. The van der Waals surface area contributed by atoms with Crippen LogP contribution >= 0.6 is 0 Å². The van der Waals surface area contributed by atoms with Gasteiger partial charge >= 0.3 is 5.97 Å². The van der Waals surface area contributed by atoms with Crippen molar-refractivity contribution in [2.24, 2.45) is 0 Å². The quantitative estimate of drug-likeness (QED) is 0.750. The van der Waals surface area contributed by atoms with Gasteiger partial charge < -0.3 is 23.9 Å². The summed E-state index contributed by atoms with van der Waals surface area (Å²) in [5.41, 5.74) is 0.489. The Morgan fingerprint density at radius 1 is 1.11 bits per heavy atom. The number of esters is 1. The van der Waals surface area contributed by atoms with Gasteiger partial charge in [-0.2, -0.15) is 0 Å². The fourth-order valence-corrected chi connectivity index (χ4v) is 3.20. The molecule has 0 unspecified atom stereocenters. The van der Waals surface area contributed by atoms with Crippen LogP contribution in [-0.4, -0.2) is 32.1 Å². The number of amides is 1. The Labute approximate surface area is 157 Å². The summed E-state index contributed by atoms with van der Waals surface area (Å²) in [4.78, 5) is 25.2. The summed E-state index contributed by atoms with van der Waals surface area (Å²) in [6.45, 7) is 0. The Hall–Kier alpha value is -2.96. The molecule has 1 aliphatic carbocycles. The van der Waals surface area contributed by atoms with Crippen molar-refractivity contribution < 1.29 is 28.2 Å². The van der Waals surface area contributed by atoms with E-state index in [9.17, 15) is 9.59 Å². The van der Waals surface area contributed by atoms with Crippen LogP contribution in [-0.2, 0) is 9.53 Å². The first kappa shape index (κ1) is 18.8. The first-order valence-electron chi connectivity index (χ1n) is 8.89. The van der Waals surface area contributed by atoms with Gasteiger partial charge in [0.25, 0.3) is 5.91 Å². The lowest BCUT2D eigenvalue weighted by Gasteiger charge is -2.21. The molecule has 0 aliphatic heterocycles. The van der Waals surface area contributed by atoms with E-state index in [0.29, 0.717) is 17.1 Å². The number of hydrogen-bond acceptors (Lipinski definition) is 6. The van der Waals surface area contributed by atoms with Crippen LogP contribution in [0.2, 0.25) is 0 Å². The van der Waals surface area contributed by atoms with Crippen molar-refractivity contribution in [3.05, 3.63) is 47.9 Å². The van der Waals surface area contributed by atoms with Crippen LogP contribution in [0.4, 0.5) is 0 Å². The summed E-state index contributed by atoms with van der Waals surface area (Å²) < 4.78 is 21.1. The van der Waals surface area contributed by atoms with Gasteiger partial charge in [-0.15, -0.1) is 0 Å². The highest BCUT2D eigenvalue weighted by molar-refractivity contribution is 5.90. The highest BCUT2D eigenvalue weighted by Gasteiger charge is 2.30. The lowest BCUT2D eigenvalue weighted by Crippen LogP contribution is -2.38. The van der Waals surface area contributed by atoms with Gasteiger partial charge in [0.2, 0.25) is 11.9 Å². The summed E-state index contributed by atoms with van der Waals surface area (Å²) in [7, 11) is 3.03. The zero-order valence-corrected chi connectivity index (χ0v) is 15.4. The second-order valence-electron chi connectivity index (χ2n) is 6.37. The van der Waals surface area contributed by atoms with Crippen LogP contribution in [0.15, 0.2) is 41.0 Å².